The number of rotatable bonds is 5. The maximum Gasteiger partial charge on any atom is 0.0701 e. The van der Waals surface area contributed by atoms with Gasteiger partial charge >= 0.3 is 0 Å². The average molecular weight is 345 g/mol. The van der Waals surface area contributed by atoms with E-state index in [2.05, 4.69) is 59.1 Å². The molecule has 0 bridgehead atoms. The van der Waals surface area contributed by atoms with Gasteiger partial charge in [-0.2, -0.15) is 0 Å². The first-order valence-electron chi connectivity index (χ1n) is 7.31. The molecule has 0 aromatic carbocycles. The van der Waals surface area contributed by atoms with Gasteiger partial charge in [0.2, 0.25) is 0 Å². The van der Waals surface area contributed by atoms with Crippen LogP contribution in [-0.4, -0.2) is 30.1 Å². The monoisotopic (exact) mass is 344 g/mol. The van der Waals surface area contributed by atoms with Gasteiger partial charge < -0.3 is 5.32 Å². The summed E-state index contributed by atoms with van der Waals surface area (Å²) >= 11 is 5.43. The summed E-state index contributed by atoms with van der Waals surface area (Å²) < 4.78 is 1.24. The van der Waals surface area contributed by atoms with Crippen LogP contribution in [-0.2, 0) is 6.54 Å². The summed E-state index contributed by atoms with van der Waals surface area (Å²) in [4.78, 5) is 4.15. The second-order valence-corrected chi connectivity index (χ2v) is 8.39. The summed E-state index contributed by atoms with van der Waals surface area (Å²) in [5.41, 5.74) is 0. The number of hydrogen-bond acceptors (Lipinski definition) is 3. The van der Waals surface area contributed by atoms with Crippen molar-refractivity contribution in [2.45, 2.75) is 52.2 Å². The molecule has 1 saturated heterocycles. The molecule has 1 aliphatic rings. The molecule has 19 heavy (non-hydrogen) atoms. The first-order valence-corrected chi connectivity index (χ1v) is 8.92. The number of hydrogen-bond donors (Lipinski definition) is 1. The van der Waals surface area contributed by atoms with E-state index in [1.165, 1.54) is 28.0 Å². The molecule has 0 amide bonds. The van der Waals surface area contributed by atoms with Crippen LogP contribution in [0.1, 0.15) is 38.5 Å². The first-order chi connectivity index (χ1) is 9.10. The van der Waals surface area contributed by atoms with Crippen molar-refractivity contribution in [3.05, 3.63) is 20.8 Å². The van der Waals surface area contributed by atoms with Gasteiger partial charge in [0.15, 0.2) is 0 Å². The quantitative estimate of drug-likeness (QED) is 0.864. The van der Waals surface area contributed by atoms with E-state index in [1.807, 2.05) is 11.3 Å². The molecule has 0 saturated carbocycles. The van der Waals surface area contributed by atoms with Crippen LogP contribution in [0, 0.1) is 5.92 Å². The highest BCUT2D eigenvalue weighted by Crippen LogP contribution is 2.26. The molecule has 1 aromatic rings. The molecule has 4 heteroatoms. The fraction of sp³-hybridized carbons (Fsp3) is 0.733. The minimum Gasteiger partial charge on any atom is -0.311 e. The second kappa shape index (κ2) is 7.21. The van der Waals surface area contributed by atoms with E-state index in [0.717, 1.165) is 13.1 Å². The molecule has 2 atom stereocenters. The standard InChI is InChI=1S/C15H25BrN2S/c1-4-5-12-9-18(14(8-17-12)11(2)3)10-13-6-7-15(16)19-13/h6-7,11-12,14,17H,4-5,8-10H2,1-3H3. The zero-order valence-electron chi connectivity index (χ0n) is 12.2. The third kappa shape index (κ3) is 4.28. The minimum absolute atomic E-state index is 0.661. The minimum atomic E-state index is 0.661. The van der Waals surface area contributed by atoms with E-state index in [1.54, 1.807) is 0 Å². The largest absolute Gasteiger partial charge is 0.311 e. The molecule has 0 aliphatic carbocycles. The molecule has 2 unspecified atom stereocenters. The van der Waals surface area contributed by atoms with Crippen molar-refractivity contribution in [3.63, 3.8) is 0 Å². The normalized spacial score (nSPS) is 25.1. The smallest absolute Gasteiger partial charge is 0.0701 e. The Morgan fingerprint density at radius 2 is 2.26 bits per heavy atom. The van der Waals surface area contributed by atoms with E-state index in [0.29, 0.717) is 18.0 Å². The summed E-state index contributed by atoms with van der Waals surface area (Å²) in [6.45, 7) is 10.4. The molecule has 2 heterocycles. The Labute approximate surface area is 129 Å². The maximum atomic E-state index is 3.72. The Bertz CT molecular complexity index is 391. The number of nitrogens with zero attached hydrogens (tertiary/aromatic N) is 1. The fourth-order valence-electron chi connectivity index (χ4n) is 2.92. The number of nitrogens with one attached hydrogen (secondary N) is 1. The summed E-state index contributed by atoms with van der Waals surface area (Å²) in [5.74, 6) is 0.707. The number of halogens is 1. The van der Waals surface area contributed by atoms with Gasteiger partial charge in [-0.15, -0.1) is 11.3 Å². The summed E-state index contributed by atoms with van der Waals surface area (Å²) in [7, 11) is 0. The topological polar surface area (TPSA) is 15.3 Å². The van der Waals surface area contributed by atoms with Crippen LogP contribution in [0.3, 0.4) is 0 Å². The molecular formula is C15H25BrN2S. The van der Waals surface area contributed by atoms with Crippen LogP contribution < -0.4 is 5.32 Å². The van der Waals surface area contributed by atoms with Gasteiger partial charge in [-0.3, -0.25) is 4.90 Å². The summed E-state index contributed by atoms with van der Waals surface area (Å²) in [6, 6.07) is 5.75. The van der Waals surface area contributed by atoms with Crippen molar-refractivity contribution in [2.75, 3.05) is 13.1 Å². The third-order valence-electron chi connectivity index (χ3n) is 3.93. The average Bonchev–Trinajstić information content (AvgIpc) is 2.75. The highest BCUT2D eigenvalue weighted by Gasteiger charge is 2.29. The van der Waals surface area contributed by atoms with Crippen molar-refractivity contribution in [1.29, 1.82) is 0 Å². The van der Waals surface area contributed by atoms with Crippen LogP contribution in [0.15, 0.2) is 15.9 Å². The highest BCUT2D eigenvalue weighted by molar-refractivity contribution is 9.11. The van der Waals surface area contributed by atoms with Crippen LogP contribution in [0.5, 0.6) is 0 Å². The summed E-state index contributed by atoms with van der Waals surface area (Å²) in [5, 5.41) is 3.72. The Hall–Kier alpha value is 0.1000. The molecule has 1 aliphatic heterocycles. The van der Waals surface area contributed by atoms with E-state index in [4.69, 9.17) is 0 Å². The second-order valence-electron chi connectivity index (χ2n) is 5.84. The van der Waals surface area contributed by atoms with Crippen molar-refractivity contribution in [3.8, 4) is 0 Å². The molecule has 108 valence electrons. The van der Waals surface area contributed by atoms with Crippen LogP contribution in [0.25, 0.3) is 0 Å². The molecule has 1 aromatic heterocycles. The van der Waals surface area contributed by atoms with Crippen molar-refractivity contribution >= 4 is 27.3 Å². The Morgan fingerprint density at radius 3 is 2.84 bits per heavy atom. The van der Waals surface area contributed by atoms with E-state index in [-0.39, 0.29) is 0 Å². The lowest BCUT2D eigenvalue weighted by molar-refractivity contribution is 0.0895. The molecule has 2 rings (SSSR count). The predicted octanol–water partition coefficient (Wildman–Crippen LogP) is 4.11. The number of thiophene rings is 1. The molecule has 1 N–H and O–H groups in total. The van der Waals surface area contributed by atoms with Gasteiger partial charge in [0.1, 0.15) is 0 Å². The Balaban J connectivity index is 2.02. The van der Waals surface area contributed by atoms with Crippen LogP contribution in [0.2, 0.25) is 0 Å². The van der Waals surface area contributed by atoms with Crippen molar-refractivity contribution in [1.82, 2.24) is 10.2 Å². The highest BCUT2D eigenvalue weighted by atomic mass is 79.9. The lowest BCUT2D eigenvalue weighted by Gasteiger charge is -2.42. The Morgan fingerprint density at radius 1 is 1.47 bits per heavy atom. The van der Waals surface area contributed by atoms with Crippen LogP contribution >= 0.6 is 27.3 Å². The maximum absolute atomic E-state index is 3.72. The zero-order chi connectivity index (χ0) is 13.8. The molecule has 2 nitrogen and oxygen atoms in total. The van der Waals surface area contributed by atoms with Gasteiger partial charge in [0.25, 0.3) is 0 Å². The van der Waals surface area contributed by atoms with Gasteiger partial charge in [0, 0.05) is 36.6 Å². The van der Waals surface area contributed by atoms with Crippen molar-refractivity contribution < 1.29 is 0 Å². The molecule has 0 spiro atoms. The fourth-order valence-corrected chi connectivity index (χ4v) is 4.43. The van der Waals surface area contributed by atoms with Gasteiger partial charge in [-0.25, -0.2) is 0 Å². The van der Waals surface area contributed by atoms with Gasteiger partial charge in [-0.1, -0.05) is 27.2 Å². The summed E-state index contributed by atoms with van der Waals surface area (Å²) in [6.07, 6.45) is 2.55. The lowest BCUT2D eigenvalue weighted by Crippen LogP contribution is -2.57. The molecule has 1 fully saturated rings. The molecular weight excluding hydrogens is 320 g/mol. The molecule has 0 radical (unpaired) electrons. The van der Waals surface area contributed by atoms with E-state index < -0.39 is 0 Å². The van der Waals surface area contributed by atoms with E-state index >= 15 is 0 Å². The number of piperazine rings is 1. The zero-order valence-corrected chi connectivity index (χ0v) is 14.6. The third-order valence-corrected chi connectivity index (χ3v) is 5.54. The first kappa shape index (κ1) is 15.5. The van der Waals surface area contributed by atoms with E-state index in [9.17, 15) is 0 Å². The van der Waals surface area contributed by atoms with Gasteiger partial charge in [-0.05, 0) is 40.4 Å². The van der Waals surface area contributed by atoms with Crippen LogP contribution in [0.4, 0.5) is 0 Å². The van der Waals surface area contributed by atoms with Crippen molar-refractivity contribution in [2.24, 2.45) is 5.92 Å². The Kier molecular flexibility index (Phi) is 5.87. The van der Waals surface area contributed by atoms with Gasteiger partial charge in [0.05, 0.1) is 3.79 Å². The lowest BCUT2D eigenvalue weighted by atomic mass is 9.97. The SMILES string of the molecule is CCCC1CN(Cc2ccc(Br)s2)C(C(C)C)CN1. The predicted molar refractivity (Wildman–Crippen MR) is 87.8 cm³/mol.